The number of hydrogen-bond acceptors (Lipinski definition) is 4. The van der Waals surface area contributed by atoms with Gasteiger partial charge >= 0.3 is 0 Å². The Hall–Kier alpha value is -3.05. The highest BCUT2D eigenvalue weighted by Gasteiger charge is 2.08. The molecule has 1 heterocycles. The maximum atomic E-state index is 12.3. The van der Waals surface area contributed by atoms with E-state index in [9.17, 15) is 14.9 Å². The fourth-order valence-corrected chi connectivity index (χ4v) is 3.36. The topological polar surface area (TPSA) is 60.2 Å². The number of carbonyl (C=O) groups is 1. The Bertz CT molecular complexity index is 929. The Labute approximate surface area is 149 Å². The molecule has 0 atom stereocenters. The highest BCUT2D eigenvalue weighted by atomic mass is 32.1. The maximum Gasteiger partial charge on any atom is 0.270 e. The zero-order valence-corrected chi connectivity index (χ0v) is 14.1. The minimum Gasteiger partial charge on any atom is -0.288 e. The molecule has 0 aliphatic rings. The van der Waals surface area contributed by atoms with E-state index < -0.39 is 4.92 Å². The van der Waals surface area contributed by atoms with Crippen molar-refractivity contribution in [1.29, 1.82) is 0 Å². The van der Waals surface area contributed by atoms with Gasteiger partial charge in [-0.2, -0.15) is 0 Å². The van der Waals surface area contributed by atoms with Crippen molar-refractivity contribution in [1.82, 2.24) is 0 Å². The molecule has 0 saturated heterocycles. The van der Waals surface area contributed by atoms with E-state index in [-0.39, 0.29) is 11.5 Å². The predicted octanol–water partition coefficient (Wildman–Crippen LogP) is 5.14. The van der Waals surface area contributed by atoms with E-state index in [2.05, 4.69) is 12.1 Å². The number of non-ortho nitro benzene ring substituents is 1. The standard InChI is InChI=1S/C20H15NO3S/c22-19(11-9-16-7-4-8-17(13-16)21(23)24)20-12-10-18(25-20)14-15-5-2-1-3-6-15/h1-13H,14H2/b11-9+. The normalized spacial score (nSPS) is 10.9. The molecule has 1 aromatic heterocycles. The van der Waals surface area contributed by atoms with Crippen LogP contribution in [0.3, 0.4) is 0 Å². The molecule has 0 radical (unpaired) electrons. The maximum absolute atomic E-state index is 12.3. The van der Waals surface area contributed by atoms with Gasteiger partial charge in [0.2, 0.25) is 0 Å². The number of benzene rings is 2. The van der Waals surface area contributed by atoms with Crippen LogP contribution in [0, 0.1) is 10.1 Å². The number of carbonyl (C=O) groups excluding carboxylic acids is 1. The summed E-state index contributed by atoms with van der Waals surface area (Å²) in [4.78, 5) is 24.4. The summed E-state index contributed by atoms with van der Waals surface area (Å²) in [6.45, 7) is 0. The molecule has 3 rings (SSSR count). The Balaban J connectivity index is 1.69. The SMILES string of the molecule is O=C(/C=C/c1cccc([N+](=O)[O-])c1)c1ccc(Cc2ccccc2)s1. The fraction of sp³-hybridized carbons (Fsp3) is 0.0500. The molecule has 0 unspecified atom stereocenters. The van der Waals surface area contributed by atoms with Crippen molar-refractivity contribution >= 4 is 28.9 Å². The quantitative estimate of drug-likeness (QED) is 0.268. The molecule has 0 fully saturated rings. The molecule has 0 N–H and O–H groups in total. The Morgan fingerprint density at radius 1 is 1.04 bits per heavy atom. The van der Waals surface area contributed by atoms with E-state index in [4.69, 9.17) is 0 Å². The van der Waals surface area contributed by atoms with Crippen LogP contribution in [0.2, 0.25) is 0 Å². The number of ketones is 1. The fourth-order valence-electron chi connectivity index (χ4n) is 2.40. The molecule has 5 heteroatoms. The van der Waals surface area contributed by atoms with Gasteiger partial charge in [0.15, 0.2) is 5.78 Å². The van der Waals surface area contributed by atoms with Crippen LogP contribution in [0.15, 0.2) is 72.8 Å². The summed E-state index contributed by atoms with van der Waals surface area (Å²) in [6, 6.07) is 20.1. The number of nitro benzene ring substituents is 1. The summed E-state index contributed by atoms with van der Waals surface area (Å²) in [7, 11) is 0. The summed E-state index contributed by atoms with van der Waals surface area (Å²) in [5.74, 6) is -0.101. The first-order valence-electron chi connectivity index (χ1n) is 7.71. The monoisotopic (exact) mass is 349 g/mol. The van der Waals surface area contributed by atoms with Crippen molar-refractivity contribution < 1.29 is 9.72 Å². The average Bonchev–Trinajstić information content (AvgIpc) is 3.09. The summed E-state index contributed by atoms with van der Waals surface area (Å²) in [5.41, 5.74) is 1.84. The molecule has 2 aromatic carbocycles. The van der Waals surface area contributed by atoms with Gasteiger partial charge in [0.25, 0.3) is 5.69 Å². The lowest BCUT2D eigenvalue weighted by molar-refractivity contribution is -0.384. The third-order valence-electron chi connectivity index (χ3n) is 3.63. The summed E-state index contributed by atoms with van der Waals surface area (Å²) in [6.07, 6.45) is 3.86. The van der Waals surface area contributed by atoms with Crippen LogP contribution in [0.1, 0.15) is 25.7 Å². The molecule has 0 amide bonds. The van der Waals surface area contributed by atoms with Crippen LogP contribution in [0.4, 0.5) is 5.69 Å². The largest absolute Gasteiger partial charge is 0.288 e. The lowest BCUT2D eigenvalue weighted by Crippen LogP contribution is -1.90. The van der Waals surface area contributed by atoms with Gasteiger partial charge < -0.3 is 0 Å². The van der Waals surface area contributed by atoms with Crippen LogP contribution in [0.25, 0.3) is 6.08 Å². The van der Waals surface area contributed by atoms with Crippen LogP contribution >= 0.6 is 11.3 Å². The van der Waals surface area contributed by atoms with E-state index in [0.29, 0.717) is 10.4 Å². The Morgan fingerprint density at radius 3 is 2.60 bits per heavy atom. The molecular weight excluding hydrogens is 334 g/mol. The number of hydrogen-bond donors (Lipinski definition) is 0. The molecular formula is C20H15NO3S. The number of allylic oxidation sites excluding steroid dienone is 1. The number of nitrogens with zero attached hydrogens (tertiary/aromatic N) is 1. The molecule has 0 bridgehead atoms. The molecule has 0 aliphatic heterocycles. The zero-order valence-electron chi connectivity index (χ0n) is 13.3. The van der Waals surface area contributed by atoms with Crippen molar-refractivity contribution in [3.05, 3.63) is 104 Å². The van der Waals surface area contributed by atoms with Gasteiger partial charge in [-0.3, -0.25) is 14.9 Å². The first kappa shape index (κ1) is 16.8. The number of rotatable bonds is 6. The molecule has 3 aromatic rings. The number of nitro groups is 1. The van der Waals surface area contributed by atoms with Gasteiger partial charge in [-0.05, 0) is 29.3 Å². The summed E-state index contributed by atoms with van der Waals surface area (Å²) in [5, 5.41) is 10.8. The molecule has 124 valence electrons. The van der Waals surface area contributed by atoms with Gasteiger partial charge in [0, 0.05) is 23.4 Å². The van der Waals surface area contributed by atoms with Gasteiger partial charge in [-0.1, -0.05) is 48.5 Å². The lowest BCUT2D eigenvalue weighted by atomic mass is 10.1. The Kier molecular flexibility index (Phi) is 5.16. The molecule has 0 saturated carbocycles. The first-order valence-corrected chi connectivity index (χ1v) is 8.53. The van der Waals surface area contributed by atoms with Crippen molar-refractivity contribution in [3.8, 4) is 0 Å². The van der Waals surface area contributed by atoms with Crippen molar-refractivity contribution in [2.75, 3.05) is 0 Å². The van der Waals surface area contributed by atoms with Gasteiger partial charge in [0.1, 0.15) is 0 Å². The smallest absolute Gasteiger partial charge is 0.270 e. The zero-order chi connectivity index (χ0) is 17.6. The van der Waals surface area contributed by atoms with E-state index in [1.807, 2.05) is 30.3 Å². The van der Waals surface area contributed by atoms with Crippen LogP contribution in [-0.4, -0.2) is 10.7 Å². The summed E-state index contributed by atoms with van der Waals surface area (Å²) < 4.78 is 0. The van der Waals surface area contributed by atoms with Crippen molar-refractivity contribution in [2.45, 2.75) is 6.42 Å². The minimum atomic E-state index is -0.450. The van der Waals surface area contributed by atoms with Crippen LogP contribution < -0.4 is 0 Å². The van der Waals surface area contributed by atoms with Gasteiger partial charge in [-0.15, -0.1) is 11.3 Å². The predicted molar refractivity (Wildman–Crippen MR) is 100 cm³/mol. The van der Waals surface area contributed by atoms with Crippen LogP contribution in [-0.2, 0) is 6.42 Å². The van der Waals surface area contributed by atoms with Crippen LogP contribution in [0.5, 0.6) is 0 Å². The third kappa shape index (κ3) is 4.49. The second-order valence-electron chi connectivity index (χ2n) is 5.48. The molecule has 4 nitrogen and oxygen atoms in total. The van der Waals surface area contributed by atoms with E-state index in [1.54, 1.807) is 18.2 Å². The molecule has 25 heavy (non-hydrogen) atoms. The Morgan fingerprint density at radius 2 is 1.84 bits per heavy atom. The second-order valence-corrected chi connectivity index (χ2v) is 6.65. The first-order chi connectivity index (χ1) is 12.1. The van der Waals surface area contributed by atoms with E-state index >= 15 is 0 Å². The van der Waals surface area contributed by atoms with Crippen molar-refractivity contribution in [3.63, 3.8) is 0 Å². The van der Waals surface area contributed by atoms with Gasteiger partial charge in [-0.25, -0.2) is 0 Å². The van der Waals surface area contributed by atoms with E-state index in [1.165, 1.54) is 35.1 Å². The molecule has 0 aliphatic carbocycles. The van der Waals surface area contributed by atoms with E-state index in [0.717, 1.165) is 11.3 Å². The second kappa shape index (κ2) is 7.68. The lowest BCUT2D eigenvalue weighted by Gasteiger charge is -1.97. The highest BCUT2D eigenvalue weighted by molar-refractivity contribution is 7.14. The minimum absolute atomic E-state index is 0.0101. The highest BCUT2D eigenvalue weighted by Crippen LogP contribution is 2.21. The van der Waals surface area contributed by atoms with Crippen molar-refractivity contribution in [2.24, 2.45) is 0 Å². The van der Waals surface area contributed by atoms with Gasteiger partial charge in [0.05, 0.1) is 9.80 Å². The number of thiophene rings is 1. The average molecular weight is 349 g/mol. The summed E-state index contributed by atoms with van der Waals surface area (Å²) >= 11 is 1.47. The third-order valence-corrected chi connectivity index (χ3v) is 4.73. The molecule has 0 spiro atoms.